The van der Waals surface area contributed by atoms with Gasteiger partial charge in [-0.15, -0.1) is 11.3 Å². The molecule has 0 radical (unpaired) electrons. The Balaban J connectivity index is 1.60. The summed E-state index contributed by atoms with van der Waals surface area (Å²) in [5, 5.41) is 2.80. The fourth-order valence-electron chi connectivity index (χ4n) is 3.08. The van der Waals surface area contributed by atoms with E-state index in [4.69, 9.17) is 4.74 Å². The molecule has 1 aliphatic rings. The molecule has 0 spiro atoms. The Morgan fingerprint density at radius 1 is 1.18 bits per heavy atom. The van der Waals surface area contributed by atoms with Crippen LogP contribution in [0.25, 0.3) is 10.2 Å². The second kappa shape index (κ2) is 7.59. The zero-order valence-electron chi connectivity index (χ0n) is 15.2. The van der Waals surface area contributed by atoms with Gasteiger partial charge in [0.15, 0.2) is 0 Å². The molecule has 1 aromatic heterocycles. The Bertz CT molecular complexity index is 1140. The number of hydrogen-bond donors (Lipinski definition) is 1. The molecule has 0 saturated carbocycles. The zero-order valence-corrected chi connectivity index (χ0v) is 16.8. The van der Waals surface area contributed by atoms with E-state index in [9.17, 15) is 13.2 Å². The van der Waals surface area contributed by atoms with Gasteiger partial charge in [0.05, 0.1) is 33.8 Å². The van der Waals surface area contributed by atoms with Crippen LogP contribution in [0.3, 0.4) is 0 Å². The lowest BCUT2D eigenvalue weighted by molar-refractivity contribution is 0.0730. The summed E-state index contributed by atoms with van der Waals surface area (Å²) >= 11 is 1.46. The van der Waals surface area contributed by atoms with E-state index in [-0.39, 0.29) is 10.8 Å². The molecule has 1 aliphatic heterocycles. The van der Waals surface area contributed by atoms with Crippen LogP contribution in [0, 0.1) is 6.92 Å². The topological polar surface area (TPSA) is 88.6 Å². The molecule has 1 N–H and O–H groups in total. The number of fused-ring (bicyclic) bond motifs is 1. The van der Waals surface area contributed by atoms with Crippen LogP contribution in [0.1, 0.15) is 15.9 Å². The Kier molecular flexibility index (Phi) is 5.15. The Hall–Kier alpha value is -2.33. The second-order valence-electron chi connectivity index (χ2n) is 6.49. The predicted molar refractivity (Wildman–Crippen MR) is 108 cm³/mol. The number of carbonyl (C=O) groups excluding carboxylic acids is 1. The van der Waals surface area contributed by atoms with Gasteiger partial charge in [-0.05, 0) is 42.8 Å². The average molecular weight is 418 g/mol. The number of benzene rings is 2. The third-order valence-corrected chi connectivity index (χ3v) is 7.46. The van der Waals surface area contributed by atoms with Gasteiger partial charge in [-0.1, -0.05) is 6.07 Å². The van der Waals surface area contributed by atoms with Crippen molar-refractivity contribution >= 4 is 43.2 Å². The number of carbonyl (C=O) groups is 1. The number of hydrogen-bond acceptors (Lipinski definition) is 6. The third-order valence-electron chi connectivity index (χ3n) is 4.63. The van der Waals surface area contributed by atoms with Crippen molar-refractivity contribution in [2.75, 3.05) is 31.6 Å². The molecule has 7 nitrogen and oxygen atoms in total. The van der Waals surface area contributed by atoms with Gasteiger partial charge in [0.25, 0.3) is 5.91 Å². The van der Waals surface area contributed by atoms with Crippen molar-refractivity contribution in [3.05, 3.63) is 53.0 Å². The summed E-state index contributed by atoms with van der Waals surface area (Å²) in [5.74, 6) is -0.297. The summed E-state index contributed by atoms with van der Waals surface area (Å²) < 4.78 is 33.6. The van der Waals surface area contributed by atoms with Gasteiger partial charge in [0.1, 0.15) is 0 Å². The number of ether oxygens (including phenoxy) is 1. The molecule has 1 amide bonds. The van der Waals surface area contributed by atoms with E-state index in [1.165, 1.54) is 21.7 Å². The number of morpholine rings is 1. The minimum atomic E-state index is -3.64. The van der Waals surface area contributed by atoms with Crippen LogP contribution in [0.5, 0.6) is 0 Å². The van der Waals surface area contributed by atoms with Crippen molar-refractivity contribution in [1.82, 2.24) is 9.29 Å². The fourth-order valence-corrected chi connectivity index (χ4v) is 5.46. The number of nitrogens with one attached hydrogen (secondary N) is 1. The van der Waals surface area contributed by atoms with Gasteiger partial charge in [-0.2, -0.15) is 4.31 Å². The summed E-state index contributed by atoms with van der Waals surface area (Å²) in [4.78, 5) is 17.0. The van der Waals surface area contributed by atoms with E-state index < -0.39 is 10.0 Å². The van der Waals surface area contributed by atoms with Crippen LogP contribution in [-0.4, -0.2) is 49.9 Å². The minimum absolute atomic E-state index is 0.199. The summed E-state index contributed by atoms with van der Waals surface area (Å²) in [6.07, 6.45) is 0. The Morgan fingerprint density at radius 3 is 2.75 bits per heavy atom. The summed E-state index contributed by atoms with van der Waals surface area (Å²) in [6.45, 7) is 3.17. The molecule has 0 unspecified atom stereocenters. The highest BCUT2D eigenvalue weighted by molar-refractivity contribution is 7.89. The smallest absolute Gasteiger partial charge is 0.255 e. The van der Waals surface area contributed by atoms with Gasteiger partial charge >= 0.3 is 0 Å². The van der Waals surface area contributed by atoms with Crippen LogP contribution in [0.4, 0.5) is 5.69 Å². The maximum absolute atomic E-state index is 13.0. The number of aryl methyl sites for hydroxylation is 1. The summed E-state index contributed by atoms with van der Waals surface area (Å²) in [6, 6.07) is 10.2. The number of thiazole rings is 1. The lowest BCUT2D eigenvalue weighted by atomic mass is 10.2. The zero-order chi connectivity index (χ0) is 19.7. The molecule has 2 aromatic carbocycles. The number of nitrogens with zero attached hydrogens (tertiary/aromatic N) is 2. The molecule has 0 atom stereocenters. The Morgan fingerprint density at radius 2 is 1.96 bits per heavy atom. The average Bonchev–Trinajstić information content (AvgIpc) is 3.18. The molecule has 3 aromatic rings. The lowest BCUT2D eigenvalue weighted by Crippen LogP contribution is -2.40. The van der Waals surface area contributed by atoms with E-state index in [0.717, 1.165) is 10.2 Å². The van der Waals surface area contributed by atoms with Crippen LogP contribution in [0.15, 0.2) is 46.8 Å². The van der Waals surface area contributed by atoms with E-state index >= 15 is 0 Å². The van der Waals surface area contributed by atoms with Gasteiger partial charge in [-0.3, -0.25) is 4.79 Å². The first-order valence-corrected chi connectivity index (χ1v) is 11.1. The molecule has 146 valence electrons. The van der Waals surface area contributed by atoms with Crippen molar-refractivity contribution in [3.63, 3.8) is 0 Å². The van der Waals surface area contributed by atoms with Crippen LogP contribution in [-0.2, 0) is 14.8 Å². The lowest BCUT2D eigenvalue weighted by Gasteiger charge is -2.26. The molecule has 28 heavy (non-hydrogen) atoms. The Labute approximate surface area is 167 Å². The quantitative estimate of drug-likeness (QED) is 0.705. The number of amides is 1. The predicted octanol–water partition coefficient (Wildman–Crippen LogP) is 2.88. The first-order valence-electron chi connectivity index (χ1n) is 8.78. The molecule has 4 rings (SSSR count). The van der Waals surface area contributed by atoms with Crippen LogP contribution < -0.4 is 5.32 Å². The highest BCUT2D eigenvalue weighted by atomic mass is 32.2. The monoisotopic (exact) mass is 417 g/mol. The normalized spacial score (nSPS) is 15.6. The van der Waals surface area contributed by atoms with Gasteiger partial charge in [-0.25, -0.2) is 13.4 Å². The first-order chi connectivity index (χ1) is 13.4. The van der Waals surface area contributed by atoms with Gasteiger partial charge in [0, 0.05) is 24.3 Å². The third kappa shape index (κ3) is 3.66. The van der Waals surface area contributed by atoms with Crippen molar-refractivity contribution < 1.29 is 17.9 Å². The van der Waals surface area contributed by atoms with E-state index in [2.05, 4.69) is 10.3 Å². The summed E-state index contributed by atoms with van der Waals surface area (Å²) in [7, 11) is -3.64. The van der Waals surface area contributed by atoms with Crippen molar-refractivity contribution in [1.29, 1.82) is 0 Å². The molecule has 2 heterocycles. The fraction of sp³-hybridized carbons (Fsp3) is 0.263. The maximum Gasteiger partial charge on any atom is 0.255 e. The number of sulfonamides is 1. The van der Waals surface area contributed by atoms with Crippen LogP contribution >= 0.6 is 11.3 Å². The number of aromatic nitrogens is 1. The van der Waals surface area contributed by atoms with E-state index in [1.807, 2.05) is 0 Å². The number of rotatable bonds is 4. The SMILES string of the molecule is Cc1ccc(NC(=O)c2ccc3ncsc3c2)cc1S(=O)(=O)N1CCOCC1. The molecule has 0 bridgehead atoms. The second-order valence-corrected chi connectivity index (χ2v) is 9.28. The molecule has 1 fully saturated rings. The first kappa shape index (κ1) is 19.0. The summed E-state index contributed by atoms with van der Waals surface area (Å²) in [5.41, 5.74) is 4.14. The standard InChI is InChI=1S/C19H19N3O4S2/c1-13-2-4-15(11-18(13)28(24,25)22-6-8-26-9-7-22)21-19(23)14-3-5-16-17(10-14)27-12-20-16/h2-5,10-12H,6-9H2,1H3,(H,21,23). The van der Waals surface area contributed by atoms with E-state index in [0.29, 0.717) is 43.1 Å². The molecule has 0 aliphatic carbocycles. The number of anilines is 1. The van der Waals surface area contributed by atoms with Crippen molar-refractivity contribution in [3.8, 4) is 0 Å². The molecular formula is C19H19N3O4S2. The van der Waals surface area contributed by atoms with Crippen molar-refractivity contribution in [2.24, 2.45) is 0 Å². The highest BCUT2D eigenvalue weighted by Gasteiger charge is 2.28. The van der Waals surface area contributed by atoms with Gasteiger partial charge in [0.2, 0.25) is 10.0 Å². The van der Waals surface area contributed by atoms with Crippen LogP contribution in [0.2, 0.25) is 0 Å². The van der Waals surface area contributed by atoms with Crippen molar-refractivity contribution in [2.45, 2.75) is 11.8 Å². The highest BCUT2D eigenvalue weighted by Crippen LogP contribution is 2.25. The van der Waals surface area contributed by atoms with E-state index in [1.54, 1.807) is 42.8 Å². The molecule has 9 heteroatoms. The molecule has 1 saturated heterocycles. The maximum atomic E-state index is 13.0. The molecular weight excluding hydrogens is 398 g/mol. The van der Waals surface area contributed by atoms with Gasteiger partial charge < -0.3 is 10.1 Å². The largest absolute Gasteiger partial charge is 0.379 e. The minimum Gasteiger partial charge on any atom is -0.379 e.